The number of allylic oxidation sites excluding steroid dienone is 1. The number of rotatable bonds is 4. The molecule has 0 saturated carbocycles. The number of hydrogen-bond acceptors (Lipinski definition) is 2. The van der Waals surface area contributed by atoms with Gasteiger partial charge < -0.3 is 5.32 Å². The fraction of sp³-hybridized carbons (Fsp3) is 0.294. The van der Waals surface area contributed by atoms with Crippen molar-refractivity contribution >= 4 is 35.1 Å². The molecule has 0 aromatic heterocycles. The van der Waals surface area contributed by atoms with E-state index in [4.69, 9.17) is 11.6 Å². The van der Waals surface area contributed by atoms with Gasteiger partial charge in [-0.15, -0.1) is 0 Å². The number of halogens is 1. The Kier molecular flexibility index (Phi) is 4.97. The van der Waals surface area contributed by atoms with E-state index >= 15 is 0 Å². The molecule has 0 atom stereocenters. The number of nitrogens with one attached hydrogen (secondary N) is 1. The third kappa shape index (κ3) is 3.61. The summed E-state index contributed by atoms with van der Waals surface area (Å²) >= 11 is 6.01. The molecule has 1 aliphatic rings. The van der Waals surface area contributed by atoms with Crippen LogP contribution in [-0.2, 0) is 9.59 Å². The maximum Gasteiger partial charge on any atom is 0.251 e. The van der Waals surface area contributed by atoms with Crippen molar-refractivity contribution in [2.24, 2.45) is 0 Å². The van der Waals surface area contributed by atoms with E-state index < -0.39 is 0 Å². The molecule has 0 aliphatic heterocycles. The van der Waals surface area contributed by atoms with Gasteiger partial charge in [0.2, 0.25) is 0 Å². The first kappa shape index (κ1) is 15.5. The number of Topliss-reactive ketones (excluding diaryl/α,β-unsaturated/α-hetero) is 1. The molecule has 1 amide bonds. The van der Waals surface area contributed by atoms with Crippen LogP contribution in [0.3, 0.4) is 0 Å². The summed E-state index contributed by atoms with van der Waals surface area (Å²) in [5.74, 6) is -0.208. The second-order valence-corrected chi connectivity index (χ2v) is 5.52. The highest BCUT2D eigenvalue weighted by Crippen LogP contribution is 2.27. The van der Waals surface area contributed by atoms with Crippen molar-refractivity contribution in [3.63, 3.8) is 0 Å². The Morgan fingerprint density at radius 1 is 1.24 bits per heavy atom. The summed E-state index contributed by atoms with van der Waals surface area (Å²) in [6.45, 7) is 5.21. The summed E-state index contributed by atoms with van der Waals surface area (Å²) in [6, 6.07) is 5.23. The van der Waals surface area contributed by atoms with Gasteiger partial charge in [-0.05, 0) is 56.4 Å². The van der Waals surface area contributed by atoms with Crippen molar-refractivity contribution in [2.45, 2.75) is 32.6 Å². The molecule has 3 nitrogen and oxygen atoms in total. The average Bonchev–Trinajstić information content (AvgIpc) is 2.49. The lowest BCUT2D eigenvalue weighted by Gasteiger charge is -2.18. The van der Waals surface area contributed by atoms with Crippen LogP contribution in [0.15, 0.2) is 35.9 Å². The van der Waals surface area contributed by atoms with E-state index in [1.54, 1.807) is 24.3 Å². The van der Waals surface area contributed by atoms with Gasteiger partial charge in [-0.2, -0.15) is 0 Å². The predicted octanol–water partition coefficient (Wildman–Crippen LogP) is 4.38. The standard InChI is InChI=1S/C17H18ClNO2/c1-3-12-10-13(8-9-16(12)18)19-17(21)15-7-5-4-6-14(15)11(2)20/h3,8-10H,1,4-7H2,2H3,(H,19,21). The Morgan fingerprint density at radius 3 is 2.52 bits per heavy atom. The van der Waals surface area contributed by atoms with Gasteiger partial charge in [0.1, 0.15) is 0 Å². The van der Waals surface area contributed by atoms with E-state index in [0.29, 0.717) is 34.7 Å². The van der Waals surface area contributed by atoms with Crippen LogP contribution in [0.25, 0.3) is 6.08 Å². The fourth-order valence-corrected chi connectivity index (χ4v) is 2.72. The van der Waals surface area contributed by atoms with Crippen molar-refractivity contribution < 1.29 is 9.59 Å². The predicted molar refractivity (Wildman–Crippen MR) is 86.3 cm³/mol. The molecule has 1 aromatic carbocycles. The lowest BCUT2D eigenvalue weighted by Crippen LogP contribution is -2.20. The van der Waals surface area contributed by atoms with Crippen molar-refractivity contribution in [2.75, 3.05) is 5.32 Å². The second-order valence-electron chi connectivity index (χ2n) is 5.11. The molecule has 0 spiro atoms. The Balaban J connectivity index is 2.24. The third-order valence-corrected chi connectivity index (χ3v) is 3.98. The van der Waals surface area contributed by atoms with Crippen molar-refractivity contribution in [1.29, 1.82) is 0 Å². The van der Waals surface area contributed by atoms with Crippen molar-refractivity contribution in [3.05, 3.63) is 46.5 Å². The molecule has 1 aliphatic carbocycles. The molecule has 0 bridgehead atoms. The Morgan fingerprint density at radius 2 is 1.90 bits per heavy atom. The molecular weight excluding hydrogens is 286 g/mol. The minimum atomic E-state index is -0.197. The van der Waals surface area contributed by atoms with Crippen LogP contribution in [0.5, 0.6) is 0 Å². The van der Waals surface area contributed by atoms with Crippen LogP contribution in [0.4, 0.5) is 5.69 Å². The zero-order valence-electron chi connectivity index (χ0n) is 12.0. The van der Waals surface area contributed by atoms with Crippen LogP contribution in [0.1, 0.15) is 38.2 Å². The Hall–Kier alpha value is -1.87. The molecule has 0 fully saturated rings. The number of carbonyl (C=O) groups excluding carboxylic acids is 2. The number of benzene rings is 1. The van der Waals surface area contributed by atoms with E-state index in [1.807, 2.05) is 0 Å². The number of carbonyl (C=O) groups is 2. The summed E-state index contributed by atoms with van der Waals surface area (Å²) in [7, 11) is 0. The Labute approximate surface area is 129 Å². The summed E-state index contributed by atoms with van der Waals surface area (Å²) in [5, 5.41) is 3.43. The first-order chi connectivity index (χ1) is 10.0. The van der Waals surface area contributed by atoms with Gasteiger partial charge in [-0.1, -0.05) is 24.3 Å². The molecule has 1 aromatic rings. The van der Waals surface area contributed by atoms with Crippen molar-refractivity contribution in [1.82, 2.24) is 0 Å². The van der Waals surface area contributed by atoms with Gasteiger partial charge >= 0.3 is 0 Å². The zero-order chi connectivity index (χ0) is 15.4. The molecule has 0 heterocycles. The van der Waals surface area contributed by atoms with Gasteiger partial charge in [0.05, 0.1) is 0 Å². The SMILES string of the molecule is C=Cc1cc(NC(=O)C2=C(C(C)=O)CCCC2)ccc1Cl. The number of ketones is 1. The fourth-order valence-electron chi connectivity index (χ4n) is 2.53. The van der Waals surface area contributed by atoms with Crippen LogP contribution in [0, 0.1) is 0 Å². The molecule has 0 radical (unpaired) electrons. The molecular formula is C17H18ClNO2. The minimum Gasteiger partial charge on any atom is -0.322 e. The van der Waals surface area contributed by atoms with Crippen LogP contribution in [-0.4, -0.2) is 11.7 Å². The van der Waals surface area contributed by atoms with Gasteiger partial charge in [-0.3, -0.25) is 9.59 Å². The summed E-state index contributed by atoms with van der Waals surface area (Å²) in [5.41, 5.74) is 2.69. The van der Waals surface area contributed by atoms with Crippen LogP contribution in [0.2, 0.25) is 5.02 Å². The Bertz CT molecular complexity index is 632. The number of anilines is 1. The molecule has 21 heavy (non-hydrogen) atoms. The molecule has 0 saturated heterocycles. The molecule has 110 valence electrons. The van der Waals surface area contributed by atoms with E-state index in [-0.39, 0.29) is 11.7 Å². The van der Waals surface area contributed by atoms with Gasteiger partial charge in [0.15, 0.2) is 5.78 Å². The highest BCUT2D eigenvalue weighted by Gasteiger charge is 2.21. The first-order valence-electron chi connectivity index (χ1n) is 6.99. The number of amides is 1. The summed E-state index contributed by atoms with van der Waals surface area (Å²) < 4.78 is 0. The lowest BCUT2D eigenvalue weighted by atomic mass is 9.89. The molecule has 1 N–H and O–H groups in total. The second kappa shape index (κ2) is 6.72. The third-order valence-electron chi connectivity index (χ3n) is 3.64. The highest BCUT2D eigenvalue weighted by molar-refractivity contribution is 6.32. The van der Waals surface area contributed by atoms with Crippen molar-refractivity contribution in [3.8, 4) is 0 Å². The maximum absolute atomic E-state index is 12.4. The van der Waals surface area contributed by atoms with E-state index in [0.717, 1.165) is 18.4 Å². The topological polar surface area (TPSA) is 46.2 Å². The smallest absolute Gasteiger partial charge is 0.251 e. The van der Waals surface area contributed by atoms with Gasteiger partial charge in [0.25, 0.3) is 5.91 Å². The summed E-state index contributed by atoms with van der Waals surface area (Å²) in [6.07, 6.45) is 4.89. The normalized spacial score (nSPS) is 14.8. The molecule has 4 heteroatoms. The molecule has 0 unspecified atom stereocenters. The van der Waals surface area contributed by atoms with Gasteiger partial charge in [0, 0.05) is 21.9 Å². The van der Waals surface area contributed by atoms with Crippen LogP contribution < -0.4 is 5.32 Å². The maximum atomic E-state index is 12.4. The lowest BCUT2D eigenvalue weighted by molar-refractivity contribution is -0.116. The largest absolute Gasteiger partial charge is 0.322 e. The van der Waals surface area contributed by atoms with E-state index in [1.165, 1.54) is 6.92 Å². The van der Waals surface area contributed by atoms with E-state index in [2.05, 4.69) is 11.9 Å². The molecule has 2 rings (SSSR count). The summed E-state index contributed by atoms with van der Waals surface area (Å²) in [4.78, 5) is 24.0. The number of hydrogen-bond donors (Lipinski definition) is 1. The first-order valence-corrected chi connectivity index (χ1v) is 7.37. The van der Waals surface area contributed by atoms with Gasteiger partial charge in [-0.25, -0.2) is 0 Å². The monoisotopic (exact) mass is 303 g/mol. The van der Waals surface area contributed by atoms with E-state index in [9.17, 15) is 9.59 Å². The minimum absolute atomic E-state index is 0.0114. The zero-order valence-corrected chi connectivity index (χ0v) is 12.8. The average molecular weight is 304 g/mol. The highest BCUT2D eigenvalue weighted by atomic mass is 35.5. The quantitative estimate of drug-likeness (QED) is 0.897. The van der Waals surface area contributed by atoms with Crippen LogP contribution >= 0.6 is 11.6 Å².